The standard InChI is InChI=1S/C11H11NO2S/c1-8-12-6-11(15-8)7-14-10-4-2-9(13)3-5-10/h2-6,13H,7H2,1H3. The lowest BCUT2D eigenvalue weighted by molar-refractivity contribution is 0.309. The van der Waals surface area contributed by atoms with E-state index in [1.165, 1.54) is 0 Å². The maximum atomic E-state index is 9.08. The number of nitrogens with zero attached hydrogens (tertiary/aromatic N) is 1. The van der Waals surface area contributed by atoms with Gasteiger partial charge in [-0.05, 0) is 31.2 Å². The molecule has 0 amide bonds. The van der Waals surface area contributed by atoms with Crippen molar-refractivity contribution in [3.8, 4) is 11.5 Å². The minimum Gasteiger partial charge on any atom is -0.508 e. The molecule has 2 aromatic rings. The van der Waals surface area contributed by atoms with Crippen LogP contribution in [0.25, 0.3) is 0 Å². The van der Waals surface area contributed by atoms with Crippen molar-refractivity contribution in [2.24, 2.45) is 0 Å². The zero-order valence-electron chi connectivity index (χ0n) is 8.30. The van der Waals surface area contributed by atoms with Crippen molar-refractivity contribution >= 4 is 11.3 Å². The highest BCUT2D eigenvalue weighted by atomic mass is 32.1. The highest BCUT2D eigenvalue weighted by Crippen LogP contribution is 2.19. The number of hydrogen-bond acceptors (Lipinski definition) is 4. The van der Waals surface area contributed by atoms with Crippen molar-refractivity contribution < 1.29 is 9.84 Å². The molecule has 1 heterocycles. The molecule has 3 nitrogen and oxygen atoms in total. The topological polar surface area (TPSA) is 42.4 Å². The summed E-state index contributed by atoms with van der Waals surface area (Å²) in [5.41, 5.74) is 0. The molecular formula is C11H11NO2S. The van der Waals surface area contributed by atoms with Gasteiger partial charge in [-0.25, -0.2) is 4.98 Å². The number of aromatic nitrogens is 1. The number of benzene rings is 1. The van der Waals surface area contributed by atoms with Gasteiger partial charge in [-0.3, -0.25) is 0 Å². The first-order valence-corrected chi connectivity index (χ1v) is 5.39. The van der Waals surface area contributed by atoms with Gasteiger partial charge in [0, 0.05) is 6.20 Å². The zero-order chi connectivity index (χ0) is 10.7. The summed E-state index contributed by atoms with van der Waals surface area (Å²) >= 11 is 1.62. The third-order valence-electron chi connectivity index (χ3n) is 1.89. The van der Waals surface area contributed by atoms with E-state index >= 15 is 0 Å². The maximum Gasteiger partial charge on any atom is 0.124 e. The number of aryl methyl sites for hydroxylation is 1. The van der Waals surface area contributed by atoms with Crippen LogP contribution in [0.15, 0.2) is 30.5 Å². The van der Waals surface area contributed by atoms with Crippen molar-refractivity contribution in [3.05, 3.63) is 40.3 Å². The molecule has 78 valence electrons. The fraction of sp³-hybridized carbons (Fsp3) is 0.182. The average molecular weight is 221 g/mol. The van der Waals surface area contributed by atoms with Crippen LogP contribution < -0.4 is 4.74 Å². The Bertz CT molecular complexity index is 436. The lowest BCUT2D eigenvalue weighted by Gasteiger charge is -2.03. The van der Waals surface area contributed by atoms with Crippen LogP contribution in [0, 0.1) is 6.92 Å². The molecule has 0 unspecified atom stereocenters. The highest BCUT2D eigenvalue weighted by Gasteiger charge is 1.99. The summed E-state index contributed by atoms with van der Waals surface area (Å²) in [6.45, 7) is 2.49. The third kappa shape index (κ3) is 2.70. The van der Waals surface area contributed by atoms with Gasteiger partial charge in [-0.15, -0.1) is 11.3 Å². The second-order valence-electron chi connectivity index (χ2n) is 3.13. The Morgan fingerprint density at radius 3 is 2.67 bits per heavy atom. The molecule has 1 aromatic heterocycles. The quantitative estimate of drug-likeness (QED) is 0.866. The van der Waals surface area contributed by atoms with Crippen LogP contribution in [0.4, 0.5) is 0 Å². The largest absolute Gasteiger partial charge is 0.508 e. The van der Waals surface area contributed by atoms with Gasteiger partial charge in [0.05, 0.1) is 9.88 Å². The predicted octanol–water partition coefficient (Wildman–Crippen LogP) is 2.74. The first-order chi connectivity index (χ1) is 7.24. The van der Waals surface area contributed by atoms with Crippen molar-refractivity contribution in [2.75, 3.05) is 0 Å². The molecule has 0 aliphatic heterocycles. The van der Waals surface area contributed by atoms with E-state index in [0.29, 0.717) is 6.61 Å². The molecule has 0 spiro atoms. The van der Waals surface area contributed by atoms with Gasteiger partial charge in [-0.2, -0.15) is 0 Å². The smallest absolute Gasteiger partial charge is 0.124 e. The number of rotatable bonds is 3. The lowest BCUT2D eigenvalue weighted by atomic mass is 10.3. The van der Waals surface area contributed by atoms with Crippen molar-refractivity contribution in [2.45, 2.75) is 13.5 Å². The molecule has 0 bridgehead atoms. The lowest BCUT2D eigenvalue weighted by Crippen LogP contribution is -1.91. The normalized spacial score (nSPS) is 10.2. The van der Waals surface area contributed by atoms with E-state index in [1.54, 1.807) is 35.6 Å². The SMILES string of the molecule is Cc1ncc(COc2ccc(O)cc2)s1. The Balaban J connectivity index is 1.96. The van der Waals surface area contributed by atoms with E-state index in [2.05, 4.69) is 4.98 Å². The molecule has 0 radical (unpaired) electrons. The number of thiazole rings is 1. The Kier molecular flexibility index (Phi) is 2.87. The Morgan fingerprint density at radius 1 is 1.33 bits per heavy atom. The van der Waals surface area contributed by atoms with E-state index < -0.39 is 0 Å². The van der Waals surface area contributed by atoms with Crippen molar-refractivity contribution in [1.29, 1.82) is 0 Å². The summed E-state index contributed by atoms with van der Waals surface area (Å²) in [5, 5.41) is 10.1. The Labute approximate surface area is 92.0 Å². The summed E-state index contributed by atoms with van der Waals surface area (Å²) in [6.07, 6.45) is 1.82. The zero-order valence-corrected chi connectivity index (χ0v) is 9.12. The molecule has 0 fully saturated rings. The first-order valence-electron chi connectivity index (χ1n) is 4.57. The molecule has 2 rings (SSSR count). The van der Waals surface area contributed by atoms with Crippen LogP contribution in [-0.4, -0.2) is 10.1 Å². The second-order valence-corrected chi connectivity index (χ2v) is 4.45. The van der Waals surface area contributed by atoms with Gasteiger partial charge in [0.1, 0.15) is 18.1 Å². The van der Waals surface area contributed by atoms with Crippen molar-refractivity contribution in [3.63, 3.8) is 0 Å². The van der Waals surface area contributed by atoms with Crippen molar-refractivity contribution in [1.82, 2.24) is 4.98 Å². The van der Waals surface area contributed by atoms with Gasteiger partial charge >= 0.3 is 0 Å². The molecule has 1 N–H and O–H groups in total. The van der Waals surface area contributed by atoms with Crippen LogP contribution in [0.5, 0.6) is 11.5 Å². The fourth-order valence-electron chi connectivity index (χ4n) is 1.17. The van der Waals surface area contributed by atoms with Gasteiger partial charge in [-0.1, -0.05) is 0 Å². The Hall–Kier alpha value is -1.55. The van der Waals surface area contributed by atoms with Crippen LogP contribution in [0.2, 0.25) is 0 Å². The minimum absolute atomic E-state index is 0.246. The maximum absolute atomic E-state index is 9.08. The van der Waals surface area contributed by atoms with Gasteiger partial charge in [0.15, 0.2) is 0 Å². The van der Waals surface area contributed by atoms with E-state index in [0.717, 1.165) is 15.6 Å². The van der Waals surface area contributed by atoms with Gasteiger partial charge in [0.25, 0.3) is 0 Å². The molecule has 4 heteroatoms. The fourth-order valence-corrected chi connectivity index (χ4v) is 1.88. The van der Waals surface area contributed by atoms with E-state index in [-0.39, 0.29) is 5.75 Å². The van der Waals surface area contributed by atoms with E-state index in [4.69, 9.17) is 9.84 Å². The molecule has 1 aromatic carbocycles. The average Bonchev–Trinajstić information content (AvgIpc) is 2.64. The first kappa shape index (κ1) is 9.98. The number of phenolic OH excluding ortho intramolecular Hbond substituents is 1. The minimum atomic E-state index is 0.246. The van der Waals surface area contributed by atoms with Crippen LogP contribution in [0.3, 0.4) is 0 Å². The molecule has 0 atom stereocenters. The predicted molar refractivity (Wildman–Crippen MR) is 59.3 cm³/mol. The summed E-state index contributed by atoms with van der Waals surface area (Å²) in [5.74, 6) is 0.995. The second kappa shape index (κ2) is 4.31. The van der Waals surface area contributed by atoms with Crippen LogP contribution in [-0.2, 0) is 6.61 Å². The highest BCUT2D eigenvalue weighted by molar-refractivity contribution is 7.11. The molecule has 15 heavy (non-hydrogen) atoms. The molecule has 0 aliphatic carbocycles. The number of hydrogen-bond donors (Lipinski definition) is 1. The summed E-state index contributed by atoms with van der Waals surface area (Å²) in [6, 6.07) is 6.69. The third-order valence-corrected chi connectivity index (χ3v) is 2.77. The molecular weight excluding hydrogens is 210 g/mol. The summed E-state index contributed by atoms with van der Waals surface area (Å²) in [7, 11) is 0. The van der Waals surface area contributed by atoms with Gasteiger partial charge < -0.3 is 9.84 Å². The van der Waals surface area contributed by atoms with Crippen LogP contribution in [0.1, 0.15) is 9.88 Å². The van der Waals surface area contributed by atoms with E-state index in [1.807, 2.05) is 13.1 Å². The molecule has 0 saturated heterocycles. The van der Waals surface area contributed by atoms with E-state index in [9.17, 15) is 0 Å². The Morgan fingerprint density at radius 2 is 2.07 bits per heavy atom. The molecule has 0 saturated carbocycles. The van der Waals surface area contributed by atoms with Crippen LogP contribution >= 0.6 is 11.3 Å². The summed E-state index contributed by atoms with van der Waals surface area (Å²) in [4.78, 5) is 5.24. The monoisotopic (exact) mass is 221 g/mol. The number of ether oxygens (including phenoxy) is 1. The molecule has 0 aliphatic rings. The summed E-state index contributed by atoms with van der Waals surface area (Å²) < 4.78 is 5.52. The number of phenols is 1. The van der Waals surface area contributed by atoms with Gasteiger partial charge in [0.2, 0.25) is 0 Å². The number of aromatic hydroxyl groups is 1.